The number of carbonyl (C=O) groups excluding carboxylic acids is 1. The van der Waals surface area contributed by atoms with E-state index in [1.54, 1.807) is 55.8 Å². The van der Waals surface area contributed by atoms with Crippen LogP contribution >= 0.6 is 11.6 Å². The summed E-state index contributed by atoms with van der Waals surface area (Å²) in [5.41, 5.74) is 2.09. The molecule has 5 aromatic rings. The fraction of sp³-hybridized carbons (Fsp3) is 0.194. The molecule has 1 atom stereocenters. The van der Waals surface area contributed by atoms with Crippen LogP contribution in [0.15, 0.2) is 89.9 Å². The van der Waals surface area contributed by atoms with E-state index in [2.05, 4.69) is 4.98 Å². The zero-order valence-corrected chi connectivity index (χ0v) is 23.4. The summed E-state index contributed by atoms with van der Waals surface area (Å²) < 4.78 is 7.04. The molecule has 2 aromatic heterocycles. The molecule has 0 saturated heterocycles. The molecule has 0 saturated carbocycles. The minimum Gasteiger partial charge on any atom is -0.456 e. The molecule has 1 unspecified atom stereocenters. The quantitative estimate of drug-likeness (QED) is 0.131. The van der Waals surface area contributed by atoms with Gasteiger partial charge in [0.1, 0.15) is 11.4 Å². The maximum atomic E-state index is 13.5. The third-order valence-electron chi connectivity index (χ3n) is 6.47. The first-order valence-corrected chi connectivity index (χ1v) is 13.3. The second-order valence-electron chi connectivity index (χ2n) is 10.6. The van der Waals surface area contributed by atoms with Crippen LogP contribution in [-0.2, 0) is 11.2 Å². The van der Waals surface area contributed by atoms with Crippen molar-refractivity contribution in [2.24, 2.45) is 0 Å². The molecule has 0 aliphatic rings. The molecule has 208 valence electrons. The largest absolute Gasteiger partial charge is 0.456 e. The number of pyridine rings is 1. The van der Waals surface area contributed by atoms with E-state index in [9.17, 15) is 19.7 Å². The Morgan fingerprint density at radius 3 is 2.51 bits per heavy atom. The lowest BCUT2D eigenvalue weighted by molar-refractivity contribution is -0.384. The van der Waals surface area contributed by atoms with Gasteiger partial charge in [0.05, 0.1) is 33.1 Å². The number of aromatic nitrogens is 3. The Kier molecular flexibility index (Phi) is 7.47. The van der Waals surface area contributed by atoms with Crippen LogP contribution in [0.25, 0.3) is 22.2 Å². The smallest absolute Gasteiger partial charge is 0.338 e. The highest BCUT2D eigenvalue weighted by atomic mass is 35.5. The first-order valence-electron chi connectivity index (χ1n) is 12.9. The summed E-state index contributed by atoms with van der Waals surface area (Å²) in [5, 5.41) is 11.9. The molecule has 0 radical (unpaired) electrons. The van der Waals surface area contributed by atoms with Gasteiger partial charge in [0.15, 0.2) is 0 Å². The standard InChI is InChI=1S/C31H27ClN4O5/c1-31(2,3)41-30(38)21-9-11-24-25(16-21)34-29(33-24)27(15-19-7-5-4-6-8-19)35-14-13-20(17-28(35)37)23-18-22(32)10-12-26(23)36(39)40/h4-14,16-18,27H,15H2,1-3H3,(H,33,34). The number of benzene rings is 3. The first kappa shape index (κ1) is 27.8. The number of ether oxygens (including phenoxy) is 1. The molecule has 0 fully saturated rings. The Morgan fingerprint density at radius 2 is 1.83 bits per heavy atom. The van der Waals surface area contributed by atoms with Crippen molar-refractivity contribution >= 4 is 34.3 Å². The van der Waals surface area contributed by atoms with Gasteiger partial charge in [0, 0.05) is 29.8 Å². The van der Waals surface area contributed by atoms with Gasteiger partial charge in [0.2, 0.25) is 0 Å². The Bertz CT molecular complexity index is 1820. The maximum Gasteiger partial charge on any atom is 0.338 e. The van der Waals surface area contributed by atoms with E-state index in [0.717, 1.165) is 5.56 Å². The SMILES string of the molecule is CC(C)(C)OC(=O)c1ccc2[nH]c(C(Cc3ccccc3)n3ccc(-c4cc(Cl)ccc4[N+](=O)[O-])cc3=O)nc2c1. The number of aromatic amines is 1. The number of hydrogen-bond acceptors (Lipinski definition) is 6. The lowest BCUT2D eigenvalue weighted by Gasteiger charge is -2.19. The molecular weight excluding hydrogens is 544 g/mol. The Morgan fingerprint density at radius 1 is 1.07 bits per heavy atom. The fourth-order valence-electron chi connectivity index (χ4n) is 4.62. The van der Waals surface area contributed by atoms with Gasteiger partial charge in [-0.3, -0.25) is 14.9 Å². The van der Waals surface area contributed by atoms with Crippen molar-refractivity contribution in [1.82, 2.24) is 14.5 Å². The number of carbonyl (C=O) groups is 1. The van der Waals surface area contributed by atoms with Crippen molar-refractivity contribution in [3.05, 3.63) is 128 Å². The number of nitrogens with one attached hydrogen (secondary N) is 1. The minimum absolute atomic E-state index is 0.148. The molecule has 0 amide bonds. The molecule has 0 spiro atoms. The highest BCUT2D eigenvalue weighted by Gasteiger charge is 2.23. The molecule has 3 aromatic carbocycles. The summed E-state index contributed by atoms with van der Waals surface area (Å²) in [6.07, 6.45) is 2.05. The van der Waals surface area contributed by atoms with Crippen LogP contribution in [0.2, 0.25) is 5.02 Å². The number of nitrogens with zero attached hydrogens (tertiary/aromatic N) is 3. The van der Waals surface area contributed by atoms with E-state index in [-0.39, 0.29) is 16.8 Å². The van der Waals surface area contributed by atoms with Crippen molar-refractivity contribution in [1.29, 1.82) is 0 Å². The van der Waals surface area contributed by atoms with Gasteiger partial charge in [-0.25, -0.2) is 9.78 Å². The van der Waals surface area contributed by atoms with E-state index < -0.39 is 22.5 Å². The Labute approximate surface area is 240 Å². The van der Waals surface area contributed by atoms with Gasteiger partial charge in [-0.2, -0.15) is 0 Å². The van der Waals surface area contributed by atoms with E-state index in [0.29, 0.717) is 39.4 Å². The first-order chi connectivity index (χ1) is 19.5. The number of rotatable bonds is 7. The van der Waals surface area contributed by atoms with Crippen molar-refractivity contribution in [2.45, 2.75) is 38.8 Å². The lowest BCUT2D eigenvalue weighted by atomic mass is 10.0. The van der Waals surface area contributed by atoms with Gasteiger partial charge in [0.25, 0.3) is 11.2 Å². The molecular formula is C31H27ClN4O5. The van der Waals surface area contributed by atoms with Gasteiger partial charge < -0.3 is 14.3 Å². The Balaban J connectivity index is 1.57. The van der Waals surface area contributed by atoms with Gasteiger partial charge in [-0.1, -0.05) is 41.9 Å². The van der Waals surface area contributed by atoms with Crippen molar-refractivity contribution in [3.63, 3.8) is 0 Å². The van der Waals surface area contributed by atoms with Crippen LogP contribution in [-0.4, -0.2) is 31.0 Å². The highest BCUT2D eigenvalue weighted by molar-refractivity contribution is 6.31. The van der Waals surface area contributed by atoms with Crippen molar-refractivity contribution < 1.29 is 14.5 Å². The normalized spacial score (nSPS) is 12.3. The summed E-state index contributed by atoms with van der Waals surface area (Å²) in [6.45, 7) is 5.41. The molecule has 10 heteroatoms. The third-order valence-corrected chi connectivity index (χ3v) is 6.71. The highest BCUT2D eigenvalue weighted by Crippen LogP contribution is 2.32. The maximum absolute atomic E-state index is 13.5. The Hall–Kier alpha value is -4.76. The summed E-state index contributed by atoms with van der Waals surface area (Å²) in [4.78, 5) is 45.3. The van der Waals surface area contributed by atoms with Crippen molar-refractivity contribution in [3.8, 4) is 11.1 Å². The zero-order chi connectivity index (χ0) is 29.3. The second kappa shape index (κ2) is 11.0. The van der Waals surface area contributed by atoms with Crippen molar-refractivity contribution in [2.75, 3.05) is 0 Å². The van der Waals surface area contributed by atoms with Crippen LogP contribution in [0.1, 0.15) is 48.6 Å². The summed E-state index contributed by atoms with van der Waals surface area (Å²) >= 11 is 6.12. The number of nitro groups is 1. The van der Waals surface area contributed by atoms with E-state index in [1.165, 1.54) is 24.3 Å². The van der Waals surface area contributed by atoms with Crippen LogP contribution in [0.4, 0.5) is 5.69 Å². The third kappa shape index (κ3) is 6.20. The number of fused-ring (bicyclic) bond motifs is 1. The predicted octanol–water partition coefficient (Wildman–Crippen LogP) is 6.74. The topological polar surface area (TPSA) is 120 Å². The number of halogens is 1. The number of esters is 1. The van der Waals surface area contributed by atoms with Crippen LogP contribution in [0.3, 0.4) is 0 Å². The molecule has 41 heavy (non-hydrogen) atoms. The summed E-state index contributed by atoms with van der Waals surface area (Å²) in [5.74, 6) is 0.0699. The molecule has 2 heterocycles. The fourth-order valence-corrected chi connectivity index (χ4v) is 4.80. The second-order valence-corrected chi connectivity index (χ2v) is 11.1. The average Bonchev–Trinajstić information content (AvgIpc) is 3.34. The van der Waals surface area contributed by atoms with Gasteiger partial charge >= 0.3 is 5.97 Å². The van der Waals surface area contributed by atoms with Crippen LogP contribution in [0, 0.1) is 10.1 Å². The molecule has 0 bridgehead atoms. The molecule has 0 aliphatic heterocycles. The summed E-state index contributed by atoms with van der Waals surface area (Å²) in [7, 11) is 0. The monoisotopic (exact) mass is 570 g/mol. The minimum atomic E-state index is -0.637. The van der Waals surface area contributed by atoms with Crippen LogP contribution in [0.5, 0.6) is 0 Å². The van der Waals surface area contributed by atoms with E-state index in [4.69, 9.17) is 21.3 Å². The lowest BCUT2D eigenvalue weighted by Crippen LogP contribution is -2.27. The zero-order valence-electron chi connectivity index (χ0n) is 22.6. The predicted molar refractivity (Wildman–Crippen MR) is 157 cm³/mol. The average molecular weight is 571 g/mol. The molecule has 5 rings (SSSR count). The number of hydrogen-bond donors (Lipinski definition) is 1. The molecule has 1 N–H and O–H groups in total. The van der Waals surface area contributed by atoms with Crippen LogP contribution < -0.4 is 5.56 Å². The molecule has 0 aliphatic carbocycles. The van der Waals surface area contributed by atoms with Gasteiger partial charge in [-0.15, -0.1) is 0 Å². The number of H-pyrrole nitrogens is 1. The van der Waals surface area contributed by atoms with E-state index >= 15 is 0 Å². The van der Waals surface area contributed by atoms with E-state index in [1.807, 2.05) is 30.3 Å². The number of imidazole rings is 1. The van der Waals surface area contributed by atoms with Gasteiger partial charge in [-0.05, 0) is 68.3 Å². The summed E-state index contributed by atoms with van der Waals surface area (Å²) in [6, 6.07) is 21.5. The number of nitro benzene ring substituents is 1. The molecule has 9 nitrogen and oxygen atoms in total.